The number of aromatic nitrogens is 2. The second-order valence-electron chi connectivity index (χ2n) is 4.97. The van der Waals surface area contributed by atoms with E-state index in [0.29, 0.717) is 24.6 Å². The Morgan fingerprint density at radius 2 is 2.05 bits per heavy atom. The quantitative estimate of drug-likeness (QED) is 0.564. The molecule has 2 aliphatic rings. The molecule has 0 saturated carbocycles. The lowest BCUT2D eigenvalue weighted by Gasteiger charge is -2.11. The number of urea groups is 1. The van der Waals surface area contributed by atoms with Crippen molar-refractivity contribution in [2.75, 3.05) is 5.73 Å². The number of anilines is 1. The number of allylic oxidation sites excluding steroid dienone is 3. The highest BCUT2D eigenvalue weighted by Crippen LogP contribution is 2.23. The maximum Gasteiger partial charge on any atom is 0.316 e. The Bertz CT molecular complexity index is 822. The summed E-state index contributed by atoms with van der Waals surface area (Å²) in [5.41, 5.74) is 11.7. The van der Waals surface area contributed by atoms with Crippen molar-refractivity contribution in [3.63, 3.8) is 0 Å². The first-order valence-corrected chi connectivity index (χ1v) is 6.70. The van der Waals surface area contributed by atoms with Crippen molar-refractivity contribution in [3.05, 3.63) is 34.3 Å². The monoisotopic (exact) mass is 301 g/mol. The number of hydrogen-bond donors (Lipinski definition) is 4. The molecule has 0 unspecified atom stereocenters. The Hall–Kier alpha value is -3.10. The van der Waals surface area contributed by atoms with Gasteiger partial charge < -0.3 is 22.2 Å². The van der Waals surface area contributed by atoms with Crippen LogP contribution in [0.3, 0.4) is 0 Å². The first kappa shape index (κ1) is 13.9. The Kier molecular flexibility index (Phi) is 3.17. The number of rotatable bonds is 2. The fourth-order valence-corrected chi connectivity index (χ4v) is 2.52. The SMILES string of the molecule is N=C1C=C/C(=N/c2c(N)n3n(c2=O)CCC3)C(NC(N)=O)=C1. The van der Waals surface area contributed by atoms with Crippen LogP contribution in [0.4, 0.5) is 16.3 Å². The molecule has 3 rings (SSSR count). The summed E-state index contributed by atoms with van der Waals surface area (Å²) in [5, 5.41) is 9.98. The van der Waals surface area contributed by atoms with E-state index >= 15 is 0 Å². The fourth-order valence-electron chi connectivity index (χ4n) is 2.52. The number of aliphatic imine (C=N–C) groups is 1. The van der Waals surface area contributed by atoms with E-state index in [1.54, 1.807) is 9.36 Å². The molecule has 22 heavy (non-hydrogen) atoms. The van der Waals surface area contributed by atoms with Crippen molar-refractivity contribution in [3.8, 4) is 0 Å². The third-order valence-corrected chi connectivity index (χ3v) is 3.48. The summed E-state index contributed by atoms with van der Waals surface area (Å²) in [6, 6.07) is -0.772. The van der Waals surface area contributed by atoms with E-state index in [4.69, 9.17) is 16.9 Å². The van der Waals surface area contributed by atoms with Gasteiger partial charge in [0, 0.05) is 13.1 Å². The molecule has 0 saturated heterocycles. The first-order chi connectivity index (χ1) is 10.5. The van der Waals surface area contributed by atoms with Gasteiger partial charge >= 0.3 is 6.03 Å². The average molecular weight is 301 g/mol. The molecule has 0 bridgehead atoms. The normalized spacial score (nSPS) is 18.5. The van der Waals surface area contributed by atoms with Crippen molar-refractivity contribution in [2.45, 2.75) is 19.5 Å². The highest BCUT2D eigenvalue weighted by molar-refractivity contribution is 6.21. The van der Waals surface area contributed by atoms with Crippen LogP contribution >= 0.6 is 0 Å². The Morgan fingerprint density at radius 1 is 1.32 bits per heavy atom. The molecule has 2 heterocycles. The number of carbonyl (C=O) groups is 1. The van der Waals surface area contributed by atoms with Crippen LogP contribution in [-0.2, 0) is 13.1 Å². The average Bonchev–Trinajstić information content (AvgIpc) is 3.00. The molecule has 1 aromatic heterocycles. The maximum absolute atomic E-state index is 12.3. The molecule has 0 radical (unpaired) electrons. The smallest absolute Gasteiger partial charge is 0.316 e. The minimum atomic E-state index is -0.772. The third kappa shape index (κ3) is 2.22. The summed E-state index contributed by atoms with van der Waals surface area (Å²) < 4.78 is 3.25. The van der Waals surface area contributed by atoms with E-state index < -0.39 is 6.03 Å². The number of nitrogens with zero attached hydrogens (tertiary/aromatic N) is 3. The molecule has 0 aromatic carbocycles. The van der Waals surface area contributed by atoms with Gasteiger partial charge in [0.1, 0.15) is 0 Å². The lowest BCUT2D eigenvalue weighted by atomic mass is 10.1. The number of nitrogen functional groups attached to an aromatic ring is 1. The van der Waals surface area contributed by atoms with Crippen LogP contribution in [0.25, 0.3) is 0 Å². The first-order valence-electron chi connectivity index (χ1n) is 6.70. The van der Waals surface area contributed by atoms with Crippen LogP contribution < -0.4 is 22.3 Å². The summed E-state index contributed by atoms with van der Waals surface area (Å²) in [7, 11) is 0. The standard InChI is InChI=1S/C13H15N7O2/c14-7-2-3-8(9(6-7)18-13(16)22)17-10-11(15)19-4-1-5-20(19)12(10)21/h2-3,6,14H,1,4-5,15H2,(H3,16,18,22)/b14-7?,17-8-. The Balaban J connectivity index is 2.06. The van der Waals surface area contributed by atoms with E-state index in [2.05, 4.69) is 10.3 Å². The van der Waals surface area contributed by atoms with Gasteiger partial charge in [-0.25, -0.2) is 14.5 Å². The zero-order valence-electron chi connectivity index (χ0n) is 11.7. The Morgan fingerprint density at radius 3 is 2.73 bits per heavy atom. The minimum absolute atomic E-state index is 0.130. The largest absolute Gasteiger partial charge is 0.382 e. The number of carbonyl (C=O) groups excluding carboxylic acids is 1. The lowest BCUT2D eigenvalue weighted by Crippen LogP contribution is -2.33. The van der Waals surface area contributed by atoms with Crippen molar-refractivity contribution in [2.24, 2.45) is 10.7 Å². The highest BCUT2D eigenvalue weighted by Gasteiger charge is 2.22. The van der Waals surface area contributed by atoms with E-state index in [-0.39, 0.29) is 22.7 Å². The van der Waals surface area contributed by atoms with E-state index in [9.17, 15) is 9.59 Å². The number of primary amides is 1. The molecule has 0 spiro atoms. The minimum Gasteiger partial charge on any atom is -0.382 e. The topological polar surface area (TPSA) is 144 Å². The summed E-state index contributed by atoms with van der Waals surface area (Å²) >= 11 is 0. The molecule has 1 aromatic rings. The summed E-state index contributed by atoms with van der Waals surface area (Å²) in [6.07, 6.45) is 5.30. The predicted octanol–water partition coefficient (Wildman–Crippen LogP) is -0.150. The van der Waals surface area contributed by atoms with Gasteiger partial charge in [0.15, 0.2) is 11.5 Å². The van der Waals surface area contributed by atoms with Crippen LogP contribution in [0.2, 0.25) is 0 Å². The second kappa shape index (κ2) is 5.02. The van der Waals surface area contributed by atoms with Gasteiger partial charge in [-0.2, -0.15) is 0 Å². The van der Waals surface area contributed by atoms with Crippen LogP contribution in [0.1, 0.15) is 6.42 Å². The number of hydrogen-bond acceptors (Lipinski definition) is 5. The van der Waals surface area contributed by atoms with Gasteiger partial charge in [-0.1, -0.05) is 0 Å². The number of nitrogens with two attached hydrogens (primary N) is 2. The van der Waals surface area contributed by atoms with Crippen LogP contribution in [0.5, 0.6) is 0 Å². The van der Waals surface area contributed by atoms with Crippen LogP contribution in [-0.4, -0.2) is 26.8 Å². The lowest BCUT2D eigenvalue weighted by molar-refractivity contribution is 0.251. The molecular weight excluding hydrogens is 286 g/mol. The van der Waals surface area contributed by atoms with Crippen LogP contribution in [0, 0.1) is 5.41 Å². The van der Waals surface area contributed by atoms with Gasteiger partial charge in [0.05, 0.1) is 17.1 Å². The molecule has 1 aliphatic carbocycles. The summed E-state index contributed by atoms with van der Waals surface area (Å²) in [4.78, 5) is 27.6. The predicted molar refractivity (Wildman–Crippen MR) is 82.5 cm³/mol. The molecule has 1 aliphatic heterocycles. The molecular formula is C13H15N7O2. The van der Waals surface area contributed by atoms with Crippen molar-refractivity contribution in [1.82, 2.24) is 14.7 Å². The van der Waals surface area contributed by atoms with Crippen molar-refractivity contribution < 1.29 is 4.79 Å². The van der Waals surface area contributed by atoms with E-state index in [1.807, 2.05) is 0 Å². The van der Waals surface area contributed by atoms with Gasteiger partial charge in [-0.05, 0) is 24.6 Å². The number of amides is 2. The maximum atomic E-state index is 12.3. The molecule has 114 valence electrons. The zero-order chi connectivity index (χ0) is 15.9. The van der Waals surface area contributed by atoms with E-state index in [1.165, 1.54) is 18.2 Å². The van der Waals surface area contributed by atoms with Crippen molar-refractivity contribution in [1.29, 1.82) is 5.41 Å². The Labute approximate surface area is 125 Å². The molecule has 2 amide bonds. The van der Waals surface area contributed by atoms with Gasteiger partial charge in [0.25, 0.3) is 5.56 Å². The summed E-state index contributed by atoms with van der Waals surface area (Å²) in [6.45, 7) is 1.28. The second-order valence-corrected chi connectivity index (χ2v) is 4.97. The molecule has 6 N–H and O–H groups in total. The van der Waals surface area contributed by atoms with Gasteiger partial charge in [0.2, 0.25) is 0 Å². The number of fused-ring (bicyclic) bond motifs is 1. The fraction of sp³-hybridized carbons (Fsp3) is 0.231. The molecule has 9 nitrogen and oxygen atoms in total. The van der Waals surface area contributed by atoms with Gasteiger partial charge in [-0.15, -0.1) is 0 Å². The molecule has 0 fully saturated rings. The van der Waals surface area contributed by atoms with E-state index in [0.717, 1.165) is 6.42 Å². The number of nitrogens with one attached hydrogen (secondary N) is 2. The zero-order valence-corrected chi connectivity index (χ0v) is 11.7. The third-order valence-electron chi connectivity index (χ3n) is 3.48. The van der Waals surface area contributed by atoms with Crippen molar-refractivity contribution >= 4 is 29.0 Å². The molecule has 0 atom stereocenters. The summed E-state index contributed by atoms with van der Waals surface area (Å²) in [5.74, 6) is 0.294. The van der Waals surface area contributed by atoms with Crippen LogP contribution in [0.15, 0.2) is 33.7 Å². The van der Waals surface area contributed by atoms with Gasteiger partial charge in [-0.3, -0.25) is 9.48 Å². The highest BCUT2D eigenvalue weighted by atomic mass is 16.2. The molecule has 9 heteroatoms.